The van der Waals surface area contributed by atoms with Gasteiger partial charge in [0.15, 0.2) is 18.7 Å². The average Bonchev–Trinajstić information content (AvgIpc) is 2.66. The number of ether oxygens (including phenoxy) is 6. The van der Waals surface area contributed by atoms with Crippen molar-refractivity contribution in [2.45, 2.75) is 43.9 Å². The van der Waals surface area contributed by atoms with E-state index in [2.05, 4.69) is 6.58 Å². The first-order valence-corrected chi connectivity index (χ1v) is 8.54. The second kappa shape index (κ2) is 8.75. The first-order valence-electron chi connectivity index (χ1n) is 8.54. The van der Waals surface area contributed by atoms with Crippen molar-refractivity contribution in [2.24, 2.45) is 0 Å². The minimum atomic E-state index is -0.707. The maximum Gasteiger partial charge on any atom is 0.303 e. The molecule has 0 N–H and O–H groups in total. The number of benzene rings is 1. The Morgan fingerprint density at radius 3 is 2.69 bits per heavy atom. The summed E-state index contributed by atoms with van der Waals surface area (Å²) in [4.78, 5) is 11.7. The summed E-state index contributed by atoms with van der Waals surface area (Å²) in [5.41, 5.74) is 0.880. The van der Waals surface area contributed by atoms with Crippen molar-refractivity contribution in [3.05, 3.63) is 48.6 Å². The van der Waals surface area contributed by atoms with Crippen LogP contribution < -0.4 is 0 Å². The van der Waals surface area contributed by atoms with Crippen molar-refractivity contribution >= 4 is 5.97 Å². The van der Waals surface area contributed by atoms with Crippen LogP contribution in [0.25, 0.3) is 0 Å². The summed E-state index contributed by atoms with van der Waals surface area (Å²) < 4.78 is 34.5. The van der Waals surface area contributed by atoms with Gasteiger partial charge in [0.2, 0.25) is 0 Å². The molecule has 7 heteroatoms. The number of rotatable bonds is 6. The highest BCUT2D eigenvalue weighted by atomic mass is 16.8. The van der Waals surface area contributed by atoms with Crippen molar-refractivity contribution in [3.8, 4) is 0 Å². The Morgan fingerprint density at radius 1 is 1.27 bits per heavy atom. The molecule has 142 valence electrons. The Bertz CT molecular complexity index is 605. The number of methoxy groups -OCH3 is 1. The third-order valence-corrected chi connectivity index (χ3v) is 4.30. The lowest BCUT2D eigenvalue weighted by molar-refractivity contribution is -0.362. The SMILES string of the molecule is C=CCO[C@H]1[C@@H](OC)O[C@@H]2CO[C@@H](c3ccccc3)O[C@H]2[C@@H]1OC(C)=O. The Morgan fingerprint density at radius 2 is 2.04 bits per heavy atom. The molecule has 1 aromatic rings. The van der Waals surface area contributed by atoms with E-state index in [0.29, 0.717) is 0 Å². The number of carbonyl (C=O) groups excluding carboxylic acids is 1. The quantitative estimate of drug-likeness (QED) is 0.564. The van der Waals surface area contributed by atoms with Crippen molar-refractivity contribution in [1.29, 1.82) is 0 Å². The lowest BCUT2D eigenvalue weighted by Crippen LogP contribution is -2.63. The second-order valence-corrected chi connectivity index (χ2v) is 6.12. The molecule has 0 aromatic heterocycles. The highest BCUT2D eigenvalue weighted by molar-refractivity contribution is 5.66. The van der Waals surface area contributed by atoms with E-state index in [4.69, 9.17) is 28.4 Å². The van der Waals surface area contributed by atoms with Crippen LogP contribution >= 0.6 is 0 Å². The van der Waals surface area contributed by atoms with Crippen molar-refractivity contribution in [2.75, 3.05) is 20.3 Å². The van der Waals surface area contributed by atoms with Gasteiger partial charge in [-0.1, -0.05) is 36.4 Å². The molecule has 0 bridgehead atoms. The minimum Gasteiger partial charge on any atom is -0.457 e. The summed E-state index contributed by atoms with van der Waals surface area (Å²) in [6, 6.07) is 9.57. The van der Waals surface area contributed by atoms with Crippen LogP contribution in [-0.2, 0) is 33.2 Å². The van der Waals surface area contributed by atoms with Crippen LogP contribution in [0.1, 0.15) is 18.8 Å². The van der Waals surface area contributed by atoms with Gasteiger partial charge in [0.1, 0.15) is 18.3 Å². The first kappa shape index (κ1) is 19.0. The monoisotopic (exact) mass is 364 g/mol. The van der Waals surface area contributed by atoms with Crippen LogP contribution in [0.3, 0.4) is 0 Å². The predicted octanol–water partition coefficient (Wildman–Crippen LogP) is 1.97. The van der Waals surface area contributed by atoms with E-state index in [-0.39, 0.29) is 13.2 Å². The van der Waals surface area contributed by atoms with Crippen molar-refractivity contribution in [3.63, 3.8) is 0 Å². The summed E-state index contributed by atoms with van der Waals surface area (Å²) in [6.07, 6.45) is -1.98. The summed E-state index contributed by atoms with van der Waals surface area (Å²) in [7, 11) is 1.51. The van der Waals surface area contributed by atoms with Crippen LogP contribution in [0.2, 0.25) is 0 Å². The lowest BCUT2D eigenvalue weighted by atomic mass is 9.97. The normalized spacial score (nSPS) is 33.9. The van der Waals surface area contributed by atoms with E-state index in [0.717, 1.165) is 5.56 Å². The fourth-order valence-corrected chi connectivity index (χ4v) is 3.20. The highest BCUT2D eigenvalue weighted by Crippen LogP contribution is 2.36. The molecule has 2 heterocycles. The standard InChI is InChI=1S/C19H24O7/c1-4-10-22-17-16(24-12(2)20)15-14(25-19(17)21-3)11-23-18(26-15)13-8-6-5-7-9-13/h4-9,14-19H,1,10-11H2,2-3H3/t14-,15-,16+,17-,18-,19+/m1/s1. The molecule has 2 saturated heterocycles. The molecule has 0 unspecified atom stereocenters. The van der Waals surface area contributed by atoms with Gasteiger partial charge in [-0.15, -0.1) is 6.58 Å². The van der Waals surface area contributed by atoms with Gasteiger partial charge in [-0.3, -0.25) is 4.79 Å². The molecule has 0 radical (unpaired) electrons. The average molecular weight is 364 g/mol. The minimum absolute atomic E-state index is 0.266. The van der Waals surface area contributed by atoms with Gasteiger partial charge in [0, 0.05) is 19.6 Å². The zero-order chi connectivity index (χ0) is 18.5. The zero-order valence-corrected chi connectivity index (χ0v) is 14.9. The molecule has 0 spiro atoms. The third kappa shape index (κ3) is 4.13. The number of hydrogen-bond acceptors (Lipinski definition) is 7. The number of esters is 1. The Balaban J connectivity index is 1.83. The Kier molecular flexibility index (Phi) is 6.39. The van der Waals surface area contributed by atoms with Gasteiger partial charge in [0.05, 0.1) is 13.2 Å². The van der Waals surface area contributed by atoms with Gasteiger partial charge in [-0.05, 0) is 0 Å². The van der Waals surface area contributed by atoms with Crippen LogP contribution in [0.4, 0.5) is 0 Å². The first-order chi connectivity index (χ1) is 12.6. The molecular formula is C19H24O7. The molecule has 2 aliphatic rings. The Labute approximate surface area is 152 Å². The number of fused-ring (bicyclic) bond motifs is 1. The highest BCUT2D eigenvalue weighted by Gasteiger charge is 2.52. The maximum absolute atomic E-state index is 11.7. The summed E-state index contributed by atoms with van der Waals surface area (Å²) in [6.45, 7) is 5.55. The molecule has 2 fully saturated rings. The molecule has 1 aromatic carbocycles. The third-order valence-electron chi connectivity index (χ3n) is 4.30. The largest absolute Gasteiger partial charge is 0.457 e. The molecule has 2 aliphatic heterocycles. The van der Waals surface area contributed by atoms with Crippen LogP contribution in [0.5, 0.6) is 0 Å². The van der Waals surface area contributed by atoms with E-state index in [1.165, 1.54) is 14.0 Å². The molecule has 3 rings (SSSR count). The van der Waals surface area contributed by atoms with E-state index in [1.807, 2.05) is 30.3 Å². The molecule has 7 nitrogen and oxygen atoms in total. The van der Waals surface area contributed by atoms with Crippen LogP contribution in [0, 0.1) is 0 Å². The molecule has 0 amide bonds. The number of hydrogen-bond donors (Lipinski definition) is 0. The van der Waals surface area contributed by atoms with E-state index < -0.39 is 43.0 Å². The molecule has 26 heavy (non-hydrogen) atoms. The summed E-state index contributed by atoms with van der Waals surface area (Å²) in [5, 5.41) is 0. The van der Waals surface area contributed by atoms with E-state index in [1.54, 1.807) is 6.08 Å². The molecule has 0 saturated carbocycles. The van der Waals surface area contributed by atoms with Gasteiger partial charge < -0.3 is 28.4 Å². The molecular weight excluding hydrogens is 340 g/mol. The Hall–Kier alpha value is -1.77. The number of carbonyl (C=O) groups is 1. The summed E-state index contributed by atoms with van der Waals surface area (Å²) in [5.74, 6) is -0.427. The van der Waals surface area contributed by atoms with Gasteiger partial charge in [-0.2, -0.15) is 0 Å². The summed E-state index contributed by atoms with van der Waals surface area (Å²) >= 11 is 0. The predicted molar refractivity (Wildman–Crippen MR) is 91.2 cm³/mol. The second-order valence-electron chi connectivity index (χ2n) is 6.12. The molecule has 0 aliphatic carbocycles. The van der Waals surface area contributed by atoms with Gasteiger partial charge >= 0.3 is 5.97 Å². The smallest absolute Gasteiger partial charge is 0.303 e. The van der Waals surface area contributed by atoms with E-state index in [9.17, 15) is 4.79 Å². The molecule has 6 atom stereocenters. The van der Waals surface area contributed by atoms with Crippen LogP contribution in [-0.4, -0.2) is 57.0 Å². The van der Waals surface area contributed by atoms with Gasteiger partial charge in [-0.25, -0.2) is 0 Å². The van der Waals surface area contributed by atoms with E-state index >= 15 is 0 Å². The van der Waals surface area contributed by atoms with Crippen molar-refractivity contribution < 1.29 is 33.2 Å². The lowest BCUT2D eigenvalue weighted by Gasteiger charge is -2.48. The topological polar surface area (TPSA) is 72.5 Å². The zero-order valence-electron chi connectivity index (χ0n) is 14.9. The van der Waals surface area contributed by atoms with Crippen LogP contribution in [0.15, 0.2) is 43.0 Å². The maximum atomic E-state index is 11.7. The fourth-order valence-electron chi connectivity index (χ4n) is 3.20. The van der Waals surface area contributed by atoms with Crippen molar-refractivity contribution in [1.82, 2.24) is 0 Å². The fraction of sp³-hybridized carbons (Fsp3) is 0.526. The van der Waals surface area contributed by atoms with Gasteiger partial charge in [0.25, 0.3) is 0 Å².